The number of alkyl halides is 3. The Hall–Kier alpha value is -2.96. The molecule has 0 fully saturated rings. The molecule has 0 aliphatic heterocycles. The van der Waals surface area contributed by atoms with Crippen molar-refractivity contribution in [1.29, 1.82) is 0 Å². The third-order valence-corrected chi connectivity index (χ3v) is 3.57. The summed E-state index contributed by atoms with van der Waals surface area (Å²) >= 11 is 0. The summed E-state index contributed by atoms with van der Waals surface area (Å²) in [6, 6.07) is 8.98. The fourth-order valence-electron chi connectivity index (χ4n) is 2.37. The minimum Gasteiger partial charge on any atom is -0.478 e. The second kappa shape index (κ2) is 5.59. The molecule has 1 heterocycles. The van der Waals surface area contributed by atoms with E-state index in [-0.39, 0.29) is 5.56 Å². The summed E-state index contributed by atoms with van der Waals surface area (Å²) in [6.45, 7) is 1.70. The maximum absolute atomic E-state index is 12.6. The zero-order valence-corrected chi connectivity index (χ0v) is 12.4. The zero-order valence-electron chi connectivity index (χ0n) is 12.4. The first-order chi connectivity index (χ1) is 11.3. The number of fused-ring (bicyclic) bond motifs is 1. The standard InChI is InChI=1S/C17H11F3N2O2/c1-9-15(10-2-5-12(6-3-10)17(18,19)20)22-14-8-11(16(23)24)4-7-13(14)21-9/h2-8H,1H3,(H,23,24). The smallest absolute Gasteiger partial charge is 0.416 e. The SMILES string of the molecule is Cc1nc2ccc(C(=O)O)cc2nc1-c1ccc(C(F)(F)F)cc1. The number of nitrogens with zero attached hydrogens (tertiary/aromatic N) is 2. The van der Waals surface area contributed by atoms with Crippen LogP contribution in [0.15, 0.2) is 42.5 Å². The van der Waals surface area contributed by atoms with E-state index in [1.165, 1.54) is 24.3 Å². The van der Waals surface area contributed by atoms with Crippen molar-refractivity contribution in [3.05, 3.63) is 59.3 Å². The molecule has 0 radical (unpaired) electrons. The second-order valence-corrected chi connectivity index (χ2v) is 5.24. The first-order valence-electron chi connectivity index (χ1n) is 6.95. The topological polar surface area (TPSA) is 63.1 Å². The first kappa shape index (κ1) is 15.9. The number of hydrogen-bond donors (Lipinski definition) is 1. The molecule has 0 aliphatic carbocycles. The van der Waals surface area contributed by atoms with Gasteiger partial charge in [0.1, 0.15) is 0 Å². The van der Waals surface area contributed by atoms with Gasteiger partial charge in [-0.2, -0.15) is 13.2 Å². The minimum atomic E-state index is -4.40. The van der Waals surface area contributed by atoms with Crippen molar-refractivity contribution in [2.45, 2.75) is 13.1 Å². The Bertz CT molecular complexity index is 935. The summed E-state index contributed by atoms with van der Waals surface area (Å²) in [5, 5.41) is 9.04. The molecule has 2 aromatic carbocycles. The van der Waals surface area contributed by atoms with Crippen molar-refractivity contribution in [2.75, 3.05) is 0 Å². The molecule has 0 spiro atoms. The molecule has 0 saturated carbocycles. The van der Waals surface area contributed by atoms with Crippen LogP contribution in [0.1, 0.15) is 21.6 Å². The van der Waals surface area contributed by atoms with Crippen LogP contribution in [-0.4, -0.2) is 21.0 Å². The van der Waals surface area contributed by atoms with Gasteiger partial charge in [-0.1, -0.05) is 12.1 Å². The summed E-state index contributed by atoms with van der Waals surface area (Å²) < 4.78 is 37.9. The average Bonchev–Trinajstić information content (AvgIpc) is 2.53. The van der Waals surface area contributed by atoms with Crippen LogP contribution < -0.4 is 0 Å². The third-order valence-electron chi connectivity index (χ3n) is 3.57. The number of aryl methyl sites for hydroxylation is 1. The molecule has 0 bridgehead atoms. The Morgan fingerprint density at radius 3 is 2.25 bits per heavy atom. The quantitative estimate of drug-likeness (QED) is 0.759. The van der Waals surface area contributed by atoms with Gasteiger partial charge in [0.05, 0.1) is 33.5 Å². The van der Waals surface area contributed by atoms with Crippen LogP contribution in [0.5, 0.6) is 0 Å². The van der Waals surface area contributed by atoms with E-state index in [2.05, 4.69) is 9.97 Å². The van der Waals surface area contributed by atoms with Gasteiger partial charge in [0.25, 0.3) is 0 Å². The van der Waals surface area contributed by atoms with E-state index < -0.39 is 17.7 Å². The van der Waals surface area contributed by atoms with Gasteiger partial charge >= 0.3 is 12.1 Å². The van der Waals surface area contributed by atoms with Crippen LogP contribution in [-0.2, 0) is 6.18 Å². The first-order valence-corrected chi connectivity index (χ1v) is 6.95. The fraction of sp³-hybridized carbons (Fsp3) is 0.118. The number of hydrogen-bond acceptors (Lipinski definition) is 3. The maximum Gasteiger partial charge on any atom is 0.416 e. The largest absolute Gasteiger partial charge is 0.478 e. The van der Waals surface area contributed by atoms with Gasteiger partial charge in [0.15, 0.2) is 0 Å². The Kier molecular flexibility index (Phi) is 3.71. The fourth-order valence-corrected chi connectivity index (χ4v) is 2.37. The van der Waals surface area contributed by atoms with Crippen LogP contribution in [0.4, 0.5) is 13.2 Å². The third kappa shape index (κ3) is 2.92. The summed E-state index contributed by atoms with van der Waals surface area (Å²) in [5.41, 5.74) is 1.66. The molecular weight excluding hydrogens is 321 g/mol. The van der Waals surface area contributed by atoms with Crippen LogP contribution in [0.3, 0.4) is 0 Å². The molecule has 0 atom stereocenters. The van der Waals surface area contributed by atoms with Crippen molar-refractivity contribution in [2.24, 2.45) is 0 Å². The Morgan fingerprint density at radius 1 is 1.00 bits per heavy atom. The number of benzene rings is 2. The van der Waals surface area contributed by atoms with E-state index in [1.54, 1.807) is 13.0 Å². The lowest BCUT2D eigenvalue weighted by Crippen LogP contribution is -2.04. The molecule has 3 aromatic rings. The zero-order chi connectivity index (χ0) is 17.5. The predicted molar refractivity (Wildman–Crippen MR) is 81.7 cm³/mol. The van der Waals surface area contributed by atoms with Gasteiger partial charge in [-0.3, -0.25) is 0 Å². The average molecular weight is 332 g/mol. The van der Waals surface area contributed by atoms with E-state index in [9.17, 15) is 18.0 Å². The highest BCUT2D eigenvalue weighted by Crippen LogP contribution is 2.31. The van der Waals surface area contributed by atoms with Gasteiger partial charge in [-0.15, -0.1) is 0 Å². The van der Waals surface area contributed by atoms with Gasteiger partial charge in [-0.05, 0) is 37.3 Å². The number of carboxylic acid groups (broad SMARTS) is 1. The van der Waals surface area contributed by atoms with Crippen molar-refractivity contribution in [3.63, 3.8) is 0 Å². The van der Waals surface area contributed by atoms with E-state index in [0.717, 1.165) is 12.1 Å². The lowest BCUT2D eigenvalue weighted by atomic mass is 10.1. The van der Waals surface area contributed by atoms with E-state index >= 15 is 0 Å². The summed E-state index contributed by atoms with van der Waals surface area (Å²) in [7, 11) is 0. The molecule has 3 rings (SSSR count). The normalized spacial score (nSPS) is 11.7. The van der Waals surface area contributed by atoms with Gasteiger partial charge < -0.3 is 5.11 Å². The Labute approximate surface area is 134 Å². The molecule has 1 N–H and O–H groups in total. The van der Waals surface area contributed by atoms with Crippen molar-refractivity contribution >= 4 is 17.0 Å². The van der Waals surface area contributed by atoms with Crippen molar-refractivity contribution in [1.82, 2.24) is 9.97 Å². The summed E-state index contributed by atoms with van der Waals surface area (Å²) in [4.78, 5) is 19.8. The number of aromatic nitrogens is 2. The molecule has 0 saturated heterocycles. The number of carboxylic acids is 1. The second-order valence-electron chi connectivity index (χ2n) is 5.24. The van der Waals surface area contributed by atoms with Crippen LogP contribution >= 0.6 is 0 Å². The van der Waals surface area contributed by atoms with Crippen LogP contribution in [0, 0.1) is 6.92 Å². The van der Waals surface area contributed by atoms with Crippen molar-refractivity contribution < 1.29 is 23.1 Å². The Balaban J connectivity index is 2.11. The van der Waals surface area contributed by atoms with Crippen molar-refractivity contribution in [3.8, 4) is 11.3 Å². The van der Waals surface area contributed by atoms with E-state index in [4.69, 9.17) is 5.11 Å². The molecule has 122 valence electrons. The highest BCUT2D eigenvalue weighted by Gasteiger charge is 2.30. The van der Waals surface area contributed by atoms with Crippen LogP contribution in [0.2, 0.25) is 0 Å². The number of aromatic carboxylic acids is 1. The monoisotopic (exact) mass is 332 g/mol. The molecule has 7 heteroatoms. The molecule has 1 aromatic heterocycles. The lowest BCUT2D eigenvalue weighted by Gasteiger charge is -2.10. The predicted octanol–water partition coefficient (Wildman–Crippen LogP) is 4.32. The number of halogens is 3. The lowest BCUT2D eigenvalue weighted by molar-refractivity contribution is -0.137. The van der Waals surface area contributed by atoms with E-state index in [1.807, 2.05) is 0 Å². The molecule has 0 unspecified atom stereocenters. The summed E-state index contributed by atoms with van der Waals surface area (Å²) in [5.74, 6) is -1.09. The van der Waals surface area contributed by atoms with Gasteiger partial charge in [0, 0.05) is 5.56 Å². The molecule has 0 amide bonds. The molecular formula is C17H11F3N2O2. The minimum absolute atomic E-state index is 0.0685. The Morgan fingerprint density at radius 2 is 1.67 bits per heavy atom. The highest BCUT2D eigenvalue weighted by molar-refractivity contribution is 5.92. The number of carbonyl (C=O) groups is 1. The molecule has 24 heavy (non-hydrogen) atoms. The number of rotatable bonds is 2. The van der Waals surface area contributed by atoms with E-state index in [0.29, 0.717) is 28.0 Å². The molecule has 4 nitrogen and oxygen atoms in total. The van der Waals surface area contributed by atoms with Gasteiger partial charge in [-0.25, -0.2) is 14.8 Å². The van der Waals surface area contributed by atoms with Crippen LogP contribution in [0.25, 0.3) is 22.3 Å². The molecule has 0 aliphatic rings. The highest BCUT2D eigenvalue weighted by atomic mass is 19.4. The maximum atomic E-state index is 12.6. The van der Waals surface area contributed by atoms with Gasteiger partial charge in [0.2, 0.25) is 0 Å². The summed E-state index contributed by atoms with van der Waals surface area (Å²) in [6.07, 6.45) is -4.40.